The summed E-state index contributed by atoms with van der Waals surface area (Å²) in [6.45, 7) is 11.3. The minimum absolute atomic E-state index is 0.632. The van der Waals surface area contributed by atoms with Crippen LogP contribution in [0, 0.1) is 5.92 Å². The summed E-state index contributed by atoms with van der Waals surface area (Å²) in [5.74, 6) is 0.707. The van der Waals surface area contributed by atoms with Gasteiger partial charge < -0.3 is 16.0 Å². The number of nitrogens with zero attached hydrogens (tertiary/aromatic N) is 1. The molecule has 1 saturated carbocycles. The predicted octanol–water partition coefficient (Wildman–Crippen LogP) is 2.60. The van der Waals surface area contributed by atoms with Crippen LogP contribution in [0.1, 0.15) is 59.3 Å². The van der Waals surface area contributed by atoms with Crippen molar-refractivity contribution in [1.29, 1.82) is 0 Å². The minimum Gasteiger partial charge on any atom is -0.330 e. The Balaban J connectivity index is 2.20. The first-order valence-electron chi connectivity index (χ1n) is 8.39. The van der Waals surface area contributed by atoms with Crippen molar-refractivity contribution >= 4 is 0 Å². The Bertz CT molecular complexity index is 216. The van der Waals surface area contributed by atoms with Gasteiger partial charge in [-0.3, -0.25) is 0 Å². The summed E-state index contributed by atoms with van der Waals surface area (Å²) in [5, 5.41) is 3.83. The molecule has 1 aliphatic carbocycles. The van der Waals surface area contributed by atoms with Gasteiger partial charge in [0.1, 0.15) is 0 Å². The normalized spacial score (nSPS) is 25.7. The number of nitrogens with one attached hydrogen (secondary N) is 1. The SMILES string of the molecule is CCN(CC)CCCC(C)NC1CCCCC1CN. The Labute approximate surface area is 120 Å². The maximum atomic E-state index is 5.90. The molecule has 1 aliphatic rings. The van der Waals surface area contributed by atoms with Crippen molar-refractivity contribution in [2.45, 2.75) is 71.4 Å². The van der Waals surface area contributed by atoms with E-state index < -0.39 is 0 Å². The molecule has 0 amide bonds. The van der Waals surface area contributed by atoms with Crippen molar-refractivity contribution in [1.82, 2.24) is 10.2 Å². The number of hydrogen-bond acceptors (Lipinski definition) is 3. The van der Waals surface area contributed by atoms with E-state index in [1.54, 1.807) is 0 Å². The summed E-state index contributed by atoms with van der Waals surface area (Å²) in [5.41, 5.74) is 5.90. The molecule has 0 heterocycles. The third-order valence-electron chi connectivity index (χ3n) is 4.72. The van der Waals surface area contributed by atoms with Crippen molar-refractivity contribution in [3.05, 3.63) is 0 Å². The van der Waals surface area contributed by atoms with Crippen molar-refractivity contribution in [2.24, 2.45) is 11.7 Å². The second kappa shape index (κ2) is 9.73. The first kappa shape index (κ1) is 16.9. The van der Waals surface area contributed by atoms with Crippen molar-refractivity contribution in [3.8, 4) is 0 Å². The van der Waals surface area contributed by atoms with Gasteiger partial charge in [-0.1, -0.05) is 26.7 Å². The summed E-state index contributed by atoms with van der Waals surface area (Å²) in [7, 11) is 0. The summed E-state index contributed by atoms with van der Waals surface area (Å²) in [6.07, 6.45) is 7.97. The first-order valence-corrected chi connectivity index (χ1v) is 8.39. The van der Waals surface area contributed by atoms with Gasteiger partial charge in [0.2, 0.25) is 0 Å². The van der Waals surface area contributed by atoms with Crippen molar-refractivity contribution < 1.29 is 0 Å². The van der Waals surface area contributed by atoms with Gasteiger partial charge in [-0.15, -0.1) is 0 Å². The van der Waals surface area contributed by atoms with E-state index in [0.29, 0.717) is 18.0 Å². The zero-order valence-corrected chi connectivity index (χ0v) is 13.3. The van der Waals surface area contributed by atoms with Crippen LogP contribution in [-0.2, 0) is 0 Å². The van der Waals surface area contributed by atoms with Gasteiger partial charge in [-0.05, 0) is 64.7 Å². The van der Waals surface area contributed by atoms with Gasteiger partial charge in [0, 0.05) is 12.1 Å². The van der Waals surface area contributed by atoms with Crippen LogP contribution in [0.4, 0.5) is 0 Å². The van der Waals surface area contributed by atoms with Crippen LogP contribution in [0.25, 0.3) is 0 Å². The second-order valence-electron chi connectivity index (χ2n) is 6.12. The number of rotatable bonds is 9. The van der Waals surface area contributed by atoms with Crippen LogP contribution in [0.15, 0.2) is 0 Å². The number of hydrogen-bond donors (Lipinski definition) is 2. The fourth-order valence-electron chi connectivity index (χ4n) is 3.32. The van der Waals surface area contributed by atoms with E-state index in [1.165, 1.54) is 58.2 Å². The van der Waals surface area contributed by atoms with Crippen LogP contribution < -0.4 is 11.1 Å². The molecular weight excluding hydrogens is 234 g/mol. The fraction of sp³-hybridized carbons (Fsp3) is 1.00. The minimum atomic E-state index is 0.632. The fourth-order valence-corrected chi connectivity index (χ4v) is 3.32. The zero-order chi connectivity index (χ0) is 14.1. The summed E-state index contributed by atoms with van der Waals surface area (Å²) < 4.78 is 0. The van der Waals surface area contributed by atoms with E-state index >= 15 is 0 Å². The van der Waals surface area contributed by atoms with Crippen LogP contribution in [0.5, 0.6) is 0 Å². The van der Waals surface area contributed by atoms with Crippen LogP contribution in [0.2, 0.25) is 0 Å². The van der Waals surface area contributed by atoms with Gasteiger partial charge >= 0.3 is 0 Å². The molecule has 0 aliphatic heterocycles. The van der Waals surface area contributed by atoms with Gasteiger partial charge in [0.25, 0.3) is 0 Å². The highest BCUT2D eigenvalue weighted by Crippen LogP contribution is 2.24. The third kappa shape index (κ3) is 6.24. The lowest BCUT2D eigenvalue weighted by molar-refractivity contribution is 0.239. The van der Waals surface area contributed by atoms with E-state index in [0.717, 1.165) is 6.54 Å². The first-order chi connectivity index (χ1) is 9.21. The largest absolute Gasteiger partial charge is 0.330 e. The lowest BCUT2D eigenvalue weighted by atomic mass is 9.84. The number of nitrogens with two attached hydrogens (primary N) is 1. The molecule has 0 spiro atoms. The van der Waals surface area contributed by atoms with Crippen molar-refractivity contribution in [3.63, 3.8) is 0 Å². The molecule has 3 heteroatoms. The molecule has 1 rings (SSSR count). The van der Waals surface area contributed by atoms with E-state index in [2.05, 4.69) is 31.0 Å². The molecular formula is C16H35N3. The second-order valence-corrected chi connectivity index (χ2v) is 6.12. The van der Waals surface area contributed by atoms with E-state index in [1.807, 2.05) is 0 Å². The predicted molar refractivity (Wildman–Crippen MR) is 84.4 cm³/mol. The molecule has 3 unspecified atom stereocenters. The molecule has 1 fully saturated rings. The van der Waals surface area contributed by atoms with Gasteiger partial charge in [0.05, 0.1) is 0 Å². The smallest absolute Gasteiger partial charge is 0.0110 e. The molecule has 0 bridgehead atoms. The van der Waals surface area contributed by atoms with Gasteiger partial charge in [-0.2, -0.15) is 0 Å². The van der Waals surface area contributed by atoms with E-state index in [9.17, 15) is 0 Å². The maximum Gasteiger partial charge on any atom is 0.0110 e. The average molecular weight is 269 g/mol. The molecule has 3 N–H and O–H groups in total. The molecule has 19 heavy (non-hydrogen) atoms. The highest BCUT2D eigenvalue weighted by atomic mass is 15.1. The topological polar surface area (TPSA) is 41.3 Å². The van der Waals surface area contributed by atoms with Crippen LogP contribution in [0.3, 0.4) is 0 Å². The molecule has 3 atom stereocenters. The van der Waals surface area contributed by atoms with Gasteiger partial charge in [-0.25, -0.2) is 0 Å². The Morgan fingerprint density at radius 3 is 2.53 bits per heavy atom. The Hall–Kier alpha value is -0.120. The molecule has 0 aromatic heterocycles. The lowest BCUT2D eigenvalue weighted by Gasteiger charge is -2.34. The quantitative estimate of drug-likeness (QED) is 0.676. The monoisotopic (exact) mass is 269 g/mol. The molecule has 0 radical (unpaired) electrons. The van der Waals surface area contributed by atoms with E-state index in [4.69, 9.17) is 5.73 Å². The molecule has 0 aromatic rings. The molecule has 0 aromatic carbocycles. The Morgan fingerprint density at radius 1 is 1.21 bits per heavy atom. The zero-order valence-electron chi connectivity index (χ0n) is 13.3. The molecule has 114 valence electrons. The van der Waals surface area contributed by atoms with E-state index in [-0.39, 0.29) is 0 Å². The summed E-state index contributed by atoms with van der Waals surface area (Å²) in [4.78, 5) is 2.51. The molecule has 3 nitrogen and oxygen atoms in total. The van der Waals surface area contributed by atoms with Crippen LogP contribution in [-0.4, -0.2) is 43.2 Å². The van der Waals surface area contributed by atoms with Crippen molar-refractivity contribution in [2.75, 3.05) is 26.2 Å². The van der Waals surface area contributed by atoms with Gasteiger partial charge in [0.15, 0.2) is 0 Å². The standard InChI is InChI=1S/C16H35N3/c1-4-19(5-2)12-8-9-14(3)18-16-11-7-6-10-15(16)13-17/h14-16,18H,4-13,17H2,1-3H3. The molecule has 0 saturated heterocycles. The lowest BCUT2D eigenvalue weighted by Crippen LogP contribution is -2.45. The summed E-state index contributed by atoms with van der Waals surface area (Å²) in [6, 6.07) is 1.30. The van der Waals surface area contributed by atoms with Crippen LogP contribution >= 0.6 is 0 Å². The average Bonchev–Trinajstić information content (AvgIpc) is 2.44. The third-order valence-corrected chi connectivity index (χ3v) is 4.72. The highest BCUT2D eigenvalue weighted by Gasteiger charge is 2.24. The Kier molecular flexibility index (Phi) is 8.67. The Morgan fingerprint density at radius 2 is 1.89 bits per heavy atom. The maximum absolute atomic E-state index is 5.90. The summed E-state index contributed by atoms with van der Waals surface area (Å²) >= 11 is 0. The highest BCUT2D eigenvalue weighted by molar-refractivity contribution is 4.83.